The second-order valence-electron chi connectivity index (χ2n) is 3.83. The molecule has 0 amide bonds. The minimum atomic E-state index is 0.779. The number of hydrogen-bond acceptors (Lipinski definition) is 2. The van der Waals surface area contributed by atoms with Crippen molar-refractivity contribution in [2.75, 3.05) is 12.8 Å². The molecule has 0 bridgehead atoms. The Bertz CT molecular complexity index is 486. The quantitative estimate of drug-likeness (QED) is 0.777. The van der Waals surface area contributed by atoms with Crippen molar-refractivity contribution in [2.24, 2.45) is 0 Å². The number of benzene rings is 2. The van der Waals surface area contributed by atoms with E-state index in [0.717, 1.165) is 28.1 Å². The number of ether oxygens (including phenoxy) is 1. The Morgan fingerprint density at radius 2 is 1.81 bits per heavy atom. The Morgan fingerprint density at radius 1 is 1.06 bits per heavy atom. The van der Waals surface area contributed by atoms with E-state index in [1.165, 1.54) is 0 Å². The maximum atomic E-state index is 5.85. The van der Waals surface area contributed by atoms with E-state index in [1.807, 2.05) is 43.3 Å². The van der Waals surface area contributed by atoms with Gasteiger partial charge in [0, 0.05) is 11.3 Å². The Balaban J connectivity index is 2.58. The number of hydrogen-bond donors (Lipinski definition) is 1. The van der Waals surface area contributed by atoms with Crippen LogP contribution in [0.1, 0.15) is 5.56 Å². The van der Waals surface area contributed by atoms with Gasteiger partial charge in [0.1, 0.15) is 5.75 Å². The molecule has 0 unspecified atom stereocenters. The molecule has 0 atom stereocenters. The molecular weight excluding hydrogens is 198 g/mol. The fourth-order valence-electron chi connectivity index (χ4n) is 1.85. The van der Waals surface area contributed by atoms with Crippen LogP contribution in [0.15, 0.2) is 42.5 Å². The third kappa shape index (κ3) is 2.01. The van der Waals surface area contributed by atoms with Crippen LogP contribution in [0.4, 0.5) is 5.69 Å². The maximum Gasteiger partial charge on any atom is 0.126 e. The van der Waals surface area contributed by atoms with E-state index in [1.54, 1.807) is 7.11 Å². The normalized spacial score (nSPS) is 10.1. The van der Waals surface area contributed by atoms with Crippen molar-refractivity contribution in [3.8, 4) is 16.9 Å². The van der Waals surface area contributed by atoms with E-state index in [9.17, 15) is 0 Å². The van der Waals surface area contributed by atoms with Crippen LogP contribution in [-0.4, -0.2) is 7.11 Å². The first-order chi connectivity index (χ1) is 7.70. The van der Waals surface area contributed by atoms with E-state index in [0.29, 0.717) is 0 Å². The lowest BCUT2D eigenvalue weighted by Gasteiger charge is -2.09. The number of nitrogens with two attached hydrogens (primary N) is 1. The first-order valence-electron chi connectivity index (χ1n) is 5.21. The van der Waals surface area contributed by atoms with E-state index >= 15 is 0 Å². The molecule has 0 aromatic heterocycles. The van der Waals surface area contributed by atoms with Crippen LogP contribution in [-0.2, 0) is 0 Å². The first-order valence-corrected chi connectivity index (χ1v) is 5.21. The molecule has 2 heteroatoms. The largest absolute Gasteiger partial charge is 0.496 e. The molecule has 82 valence electrons. The van der Waals surface area contributed by atoms with E-state index in [-0.39, 0.29) is 0 Å². The predicted octanol–water partition coefficient (Wildman–Crippen LogP) is 3.25. The van der Waals surface area contributed by atoms with Crippen LogP contribution < -0.4 is 10.5 Å². The lowest BCUT2D eigenvalue weighted by molar-refractivity contribution is 0.416. The average Bonchev–Trinajstić information content (AvgIpc) is 2.27. The van der Waals surface area contributed by atoms with Crippen LogP contribution in [0, 0.1) is 6.92 Å². The highest BCUT2D eigenvalue weighted by molar-refractivity contribution is 5.73. The van der Waals surface area contributed by atoms with Gasteiger partial charge in [0.05, 0.1) is 7.11 Å². The monoisotopic (exact) mass is 213 g/mol. The number of nitrogen functional groups attached to an aromatic ring is 1. The standard InChI is InChI=1S/C14H15NO/c1-10-7-11(9-12(15)8-10)13-5-3-4-6-14(13)16-2/h3-9H,15H2,1-2H3. The molecule has 0 saturated heterocycles. The zero-order chi connectivity index (χ0) is 11.5. The lowest BCUT2D eigenvalue weighted by atomic mass is 10.0. The Kier molecular flexibility index (Phi) is 2.82. The van der Waals surface area contributed by atoms with Crippen molar-refractivity contribution in [1.82, 2.24) is 0 Å². The maximum absolute atomic E-state index is 5.85. The number of anilines is 1. The fraction of sp³-hybridized carbons (Fsp3) is 0.143. The molecule has 0 aliphatic heterocycles. The third-order valence-electron chi connectivity index (χ3n) is 2.52. The number of rotatable bonds is 2. The van der Waals surface area contributed by atoms with E-state index < -0.39 is 0 Å². The highest BCUT2D eigenvalue weighted by Crippen LogP contribution is 2.31. The summed E-state index contributed by atoms with van der Waals surface area (Å²) < 4.78 is 5.34. The van der Waals surface area contributed by atoms with Gasteiger partial charge in [-0.25, -0.2) is 0 Å². The molecule has 0 aliphatic carbocycles. The van der Waals surface area contributed by atoms with Crippen molar-refractivity contribution in [3.63, 3.8) is 0 Å². The summed E-state index contributed by atoms with van der Waals surface area (Å²) in [5.41, 5.74) is 9.94. The summed E-state index contributed by atoms with van der Waals surface area (Å²) in [6.07, 6.45) is 0. The predicted molar refractivity (Wildman–Crippen MR) is 67.6 cm³/mol. The Labute approximate surface area is 95.7 Å². The average molecular weight is 213 g/mol. The third-order valence-corrected chi connectivity index (χ3v) is 2.52. The molecule has 0 spiro atoms. The van der Waals surface area contributed by atoms with Gasteiger partial charge >= 0.3 is 0 Å². The van der Waals surface area contributed by atoms with E-state index in [2.05, 4.69) is 6.07 Å². The Morgan fingerprint density at radius 3 is 2.50 bits per heavy atom. The van der Waals surface area contributed by atoms with Crippen LogP contribution in [0.5, 0.6) is 5.75 Å². The molecule has 16 heavy (non-hydrogen) atoms. The molecule has 0 radical (unpaired) electrons. The number of para-hydroxylation sites is 1. The summed E-state index contributed by atoms with van der Waals surface area (Å²) in [4.78, 5) is 0. The second kappa shape index (κ2) is 4.27. The van der Waals surface area contributed by atoms with Crippen molar-refractivity contribution in [2.45, 2.75) is 6.92 Å². The van der Waals surface area contributed by atoms with Gasteiger partial charge in [-0.1, -0.05) is 24.3 Å². The first kappa shape index (κ1) is 10.6. The molecule has 0 fully saturated rings. The van der Waals surface area contributed by atoms with Gasteiger partial charge in [0.15, 0.2) is 0 Å². The highest BCUT2D eigenvalue weighted by Gasteiger charge is 2.05. The molecule has 0 heterocycles. The van der Waals surface area contributed by atoms with Gasteiger partial charge in [-0.3, -0.25) is 0 Å². The summed E-state index contributed by atoms with van der Waals surface area (Å²) in [5.74, 6) is 0.868. The summed E-state index contributed by atoms with van der Waals surface area (Å²) in [6, 6.07) is 14.0. The molecule has 2 aromatic carbocycles. The van der Waals surface area contributed by atoms with Gasteiger partial charge in [-0.15, -0.1) is 0 Å². The molecule has 2 aromatic rings. The zero-order valence-electron chi connectivity index (χ0n) is 9.53. The molecule has 0 saturated carbocycles. The fourth-order valence-corrected chi connectivity index (χ4v) is 1.85. The van der Waals surface area contributed by atoms with Gasteiger partial charge in [0.25, 0.3) is 0 Å². The molecule has 2 N–H and O–H groups in total. The van der Waals surface area contributed by atoms with Gasteiger partial charge in [0.2, 0.25) is 0 Å². The van der Waals surface area contributed by atoms with Crippen LogP contribution in [0.3, 0.4) is 0 Å². The van der Waals surface area contributed by atoms with Crippen LogP contribution in [0.25, 0.3) is 11.1 Å². The molecule has 2 rings (SSSR count). The van der Waals surface area contributed by atoms with Crippen molar-refractivity contribution < 1.29 is 4.74 Å². The molecule has 2 nitrogen and oxygen atoms in total. The van der Waals surface area contributed by atoms with Crippen LogP contribution in [0.2, 0.25) is 0 Å². The summed E-state index contributed by atoms with van der Waals surface area (Å²) in [5, 5.41) is 0. The molecular formula is C14H15NO. The van der Waals surface area contributed by atoms with Gasteiger partial charge in [-0.2, -0.15) is 0 Å². The van der Waals surface area contributed by atoms with Crippen molar-refractivity contribution >= 4 is 5.69 Å². The Hall–Kier alpha value is -1.96. The van der Waals surface area contributed by atoms with Gasteiger partial charge < -0.3 is 10.5 Å². The van der Waals surface area contributed by atoms with Crippen LogP contribution >= 0.6 is 0 Å². The number of methoxy groups -OCH3 is 1. The SMILES string of the molecule is COc1ccccc1-c1cc(C)cc(N)c1. The van der Waals surface area contributed by atoms with Crippen molar-refractivity contribution in [1.29, 1.82) is 0 Å². The minimum absolute atomic E-state index is 0.779. The summed E-state index contributed by atoms with van der Waals surface area (Å²) in [6.45, 7) is 2.04. The van der Waals surface area contributed by atoms with Crippen molar-refractivity contribution in [3.05, 3.63) is 48.0 Å². The molecule has 0 aliphatic rings. The van der Waals surface area contributed by atoms with Gasteiger partial charge in [-0.05, 0) is 36.2 Å². The lowest BCUT2D eigenvalue weighted by Crippen LogP contribution is -1.90. The highest BCUT2D eigenvalue weighted by atomic mass is 16.5. The second-order valence-corrected chi connectivity index (χ2v) is 3.83. The zero-order valence-corrected chi connectivity index (χ0v) is 9.53. The summed E-state index contributed by atoms with van der Waals surface area (Å²) in [7, 11) is 1.68. The van der Waals surface area contributed by atoms with E-state index in [4.69, 9.17) is 10.5 Å². The summed E-state index contributed by atoms with van der Waals surface area (Å²) >= 11 is 0. The topological polar surface area (TPSA) is 35.2 Å². The smallest absolute Gasteiger partial charge is 0.126 e. The minimum Gasteiger partial charge on any atom is -0.496 e. The number of aryl methyl sites for hydroxylation is 1.